The zero-order valence-corrected chi connectivity index (χ0v) is 26.1. The molecule has 0 aliphatic carbocycles. The molecule has 0 spiro atoms. The van der Waals surface area contributed by atoms with E-state index >= 15 is 0 Å². The number of piperazine rings is 1. The Morgan fingerprint density at radius 3 is 2.53 bits per heavy atom. The van der Waals surface area contributed by atoms with Crippen LogP contribution >= 0.6 is 0 Å². The average molecular weight is 655 g/mol. The van der Waals surface area contributed by atoms with Crippen molar-refractivity contribution in [3.05, 3.63) is 71.0 Å². The Hall–Kier alpha value is -4.01. The molecule has 0 radical (unpaired) electrons. The standard InChI is InChI=1S/C33H37F3N6O5/c1-21-2-5-25(6-3-21)42-16-23(37-38-42)19-46-27-15-29-32(44)40-11-10-39(24-8-12-45-13-9-24)17-26(40)20-47-30-7-4-22(33(34,35)36)14-28(30)31(43)41(29)18-27/h2-7,14,16,24,26-27,29H,8-13,15,17-20H2,1H3/t26-,27+,29-/m0/s1. The lowest BCUT2D eigenvalue weighted by molar-refractivity contribution is -0.143. The van der Waals surface area contributed by atoms with Crippen molar-refractivity contribution in [2.24, 2.45) is 0 Å². The molecule has 0 bridgehead atoms. The van der Waals surface area contributed by atoms with Crippen molar-refractivity contribution < 1.29 is 37.0 Å². The van der Waals surface area contributed by atoms with Gasteiger partial charge >= 0.3 is 6.18 Å². The normalized spacial score (nSPS) is 24.5. The highest BCUT2D eigenvalue weighted by atomic mass is 19.4. The lowest BCUT2D eigenvalue weighted by atomic mass is 10.0. The van der Waals surface area contributed by atoms with Crippen LogP contribution in [0.1, 0.15) is 46.4 Å². The van der Waals surface area contributed by atoms with Crippen LogP contribution in [0.25, 0.3) is 5.69 Å². The summed E-state index contributed by atoms with van der Waals surface area (Å²) in [5.41, 5.74) is 1.35. The van der Waals surface area contributed by atoms with E-state index in [0.717, 1.165) is 36.2 Å². The number of nitrogens with zero attached hydrogens (tertiary/aromatic N) is 6. The van der Waals surface area contributed by atoms with Crippen LogP contribution in [0.3, 0.4) is 0 Å². The van der Waals surface area contributed by atoms with Gasteiger partial charge in [0.2, 0.25) is 5.91 Å². The number of carbonyl (C=O) groups excluding carboxylic acids is 2. The molecule has 2 aromatic carbocycles. The van der Waals surface area contributed by atoms with E-state index < -0.39 is 29.8 Å². The smallest absolute Gasteiger partial charge is 0.416 e. The first kappa shape index (κ1) is 31.6. The van der Waals surface area contributed by atoms with Crippen molar-refractivity contribution in [2.45, 2.75) is 63.2 Å². The molecule has 5 heterocycles. The minimum Gasteiger partial charge on any atom is -0.491 e. The highest BCUT2D eigenvalue weighted by Gasteiger charge is 2.46. The summed E-state index contributed by atoms with van der Waals surface area (Å²) in [4.78, 5) is 33.7. The number of hydrogen-bond acceptors (Lipinski definition) is 8. The van der Waals surface area contributed by atoms with E-state index in [1.165, 1.54) is 11.0 Å². The van der Waals surface area contributed by atoms with E-state index in [9.17, 15) is 22.8 Å². The summed E-state index contributed by atoms with van der Waals surface area (Å²) in [6.45, 7) is 5.23. The quantitative estimate of drug-likeness (QED) is 0.413. The van der Waals surface area contributed by atoms with Gasteiger partial charge in [0.25, 0.3) is 5.91 Å². The largest absolute Gasteiger partial charge is 0.491 e. The summed E-state index contributed by atoms with van der Waals surface area (Å²) >= 11 is 0. The van der Waals surface area contributed by atoms with E-state index in [0.29, 0.717) is 44.6 Å². The number of aromatic nitrogens is 3. The van der Waals surface area contributed by atoms with Crippen molar-refractivity contribution in [2.75, 3.05) is 46.0 Å². The van der Waals surface area contributed by atoms with Crippen LogP contribution in [-0.4, -0.2) is 112 Å². The van der Waals surface area contributed by atoms with Crippen molar-refractivity contribution in [3.8, 4) is 11.4 Å². The molecule has 14 heteroatoms. The van der Waals surface area contributed by atoms with Crippen LogP contribution in [-0.2, 0) is 27.1 Å². The maximum absolute atomic E-state index is 14.2. The predicted octanol–water partition coefficient (Wildman–Crippen LogP) is 3.48. The Balaban J connectivity index is 1.14. The summed E-state index contributed by atoms with van der Waals surface area (Å²) in [5, 5.41) is 8.40. The maximum atomic E-state index is 14.2. The number of benzene rings is 2. The second-order valence-corrected chi connectivity index (χ2v) is 12.7. The molecule has 0 saturated carbocycles. The molecular formula is C33H37F3N6O5. The van der Waals surface area contributed by atoms with Crippen LogP contribution in [0.4, 0.5) is 13.2 Å². The molecule has 250 valence electrons. The number of amides is 2. The van der Waals surface area contributed by atoms with E-state index in [1.807, 2.05) is 31.2 Å². The molecule has 0 N–H and O–H groups in total. The highest BCUT2D eigenvalue weighted by molar-refractivity contribution is 6.00. The van der Waals surface area contributed by atoms with Gasteiger partial charge in [0, 0.05) is 51.9 Å². The summed E-state index contributed by atoms with van der Waals surface area (Å²) < 4.78 is 60.7. The van der Waals surface area contributed by atoms with Crippen LogP contribution < -0.4 is 4.74 Å². The van der Waals surface area contributed by atoms with Crippen molar-refractivity contribution in [1.29, 1.82) is 0 Å². The average Bonchev–Trinajstić information content (AvgIpc) is 3.73. The number of carbonyl (C=O) groups is 2. The van der Waals surface area contributed by atoms with Crippen molar-refractivity contribution in [1.82, 2.24) is 29.7 Å². The van der Waals surface area contributed by atoms with Crippen LogP contribution in [0.5, 0.6) is 5.75 Å². The van der Waals surface area contributed by atoms with Gasteiger partial charge < -0.3 is 24.0 Å². The van der Waals surface area contributed by atoms with E-state index in [2.05, 4.69) is 15.2 Å². The number of hydrogen-bond donors (Lipinski definition) is 0. The molecule has 11 nitrogen and oxygen atoms in total. The number of aryl methyl sites for hydroxylation is 1. The number of rotatable bonds is 5. The predicted molar refractivity (Wildman–Crippen MR) is 162 cm³/mol. The molecule has 0 unspecified atom stereocenters. The Morgan fingerprint density at radius 2 is 1.77 bits per heavy atom. The summed E-state index contributed by atoms with van der Waals surface area (Å²) in [7, 11) is 0. The van der Waals surface area contributed by atoms with E-state index in [4.69, 9.17) is 14.2 Å². The Labute approximate surface area is 270 Å². The second kappa shape index (κ2) is 12.9. The molecule has 4 aliphatic heterocycles. The summed E-state index contributed by atoms with van der Waals surface area (Å²) in [6, 6.07) is 9.85. The molecule has 7 rings (SSSR count). The van der Waals surface area contributed by atoms with Gasteiger partial charge in [-0.05, 0) is 50.1 Å². The van der Waals surface area contributed by atoms with Crippen molar-refractivity contribution >= 4 is 11.8 Å². The number of halogens is 3. The van der Waals surface area contributed by atoms with Gasteiger partial charge in [0.1, 0.15) is 24.1 Å². The van der Waals surface area contributed by atoms with Crippen LogP contribution in [0.2, 0.25) is 0 Å². The van der Waals surface area contributed by atoms with Gasteiger partial charge in [-0.15, -0.1) is 5.10 Å². The van der Waals surface area contributed by atoms with E-state index in [-0.39, 0.29) is 49.4 Å². The molecule has 3 fully saturated rings. The zero-order chi connectivity index (χ0) is 32.7. The lowest BCUT2D eigenvalue weighted by Gasteiger charge is -2.46. The fourth-order valence-corrected chi connectivity index (χ4v) is 6.99. The monoisotopic (exact) mass is 654 g/mol. The SMILES string of the molecule is Cc1ccc(-n2cc(CO[C@@H]3C[C@H]4C(=O)N5CCN(C6CCOCC6)C[C@H]5COc5ccc(C(F)(F)F)cc5C(=O)N4C3)nn2)cc1. The topological polar surface area (TPSA) is 102 Å². The van der Waals surface area contributed by atoms with Crippen LogP contribution in [0.15, 0.2) is 48.7 Å². The van der Waals surface area contributed by atoms with Crippen LogP contribution in [0, 0.1) is 6.92 Å². The third kappa shape index (κ3) is 6.58. The molecule has 3 atom stereocenters. The Bertz CT molecular complexity index is 1610. The minimum atomic E-state index is -4.66. The summed E-state index contributed by atoms with van der Waals surface area (Å²) in [5.74, 6) is -0.873. The third-order valence-corrected chi connectivity index (χ3v) is 9.59. The fourth-order valence-electron chi connectivity index (χ4n) is 6.99. The maximum Gasteiger partial charge on any atom is 0.416 e. The highest BCUT2D eigenvalue weighted by Crippen LogP contribution is 2.36. The molecular weight excluding hydrogens is 617 g/mol. The molecule has 2 amide bonds. The third-order valence-electron chi connectivity index (χ3n) is 9.59. The Kier molecular flexibility index (Phi) is 8.66. The lowest BCUT2D eigenvalue weighted by Crippen LogP contribution is -2.62. The number of ether oxygens (including phenoxy) is 3. The van der Waals surface area contributed by atoms with E-state index in [1.54, 1.807) is 15.8 Å². The molecule has 4 aliphatic rings. The summed E-state index contributed by atoms with van der Waals surface area (Å²) in [6.07, 6.45) is -1.45. The number of alkyl halides is 3. The molecule has 47 heavy (non-hydrogen) atoms. The molecule has 3 saturated heterocycles. The molecule has 3 aromatic rings. The first-order chi connectivity index (χ1) is 22.6. The van der Waals surface area contributed by atoms with Crippen molar-refractivity contribution in [3.63, 3.8) is 0 Å². The van der Waals surface area contributed by atoms with Gasteiger partial charge in [-0.3, -0.25) is 14.5 Å². The van der Waals surface area contributed by atoms with Gasteiger partial charge in [-0.2, -0.15) is 13.2 Å². The number of fused-ring (bicyclic) bond motifs is 3. The van der Waals surface area contributed by atoms with Gasteiger partial charge in [0.05, 0.1) is 41.8 Å². The first-order valence-electron chi connectivity index (χ1n) is 16.0. The van der Waals surface area contributed by atoms with Gasteiger partial charge in [-0.1, -0.05) is 22.9 Å². The minimum absolute atomic E-state index is 0.0315. The van der Waals surface area contributed by atoms with Gasteiger partial charge in [0.15, 0.2) is 0 Å². The molecule has 1 aromatic heterocycles. The Morgan fingerprint density at radius 1 is 0.979 bits per heavy atom. The first-order valence-corrected chi connectivity index (χ1v) is 16.0. The second-order valence-electron chi connectivity index (χ2n) is 12.7. The fraction of sp³-hybridized carbons (Fsp3) is 0.515. The van der Waals surface area contributed by atoms with Gasteiger partial charge in [-0.25, -0.2) is 4.68 Å². The zero-order valence-electron chi connectivity index (χ0n) is 26.1.